The Morgan fingerprint density at radius 1 is 1.29 bits per heavy atom. The van der Waals surface area contributed by atoms with Crippen LogP contribution in [0.4, 0.5) is 0 Å². The second-order valence-corrected chi connectivity index (χ2v) is 5.26. The van der Waals surface area contributed by atoms with E-state index in [-0.39, 0.29) is 12.5 Å². The standard InChI is InChI=1S/C15H22N2O4/c1-15(21,9-13(18)19)10-17-14(20)12-6-4-3-5-11(12)7-8-16-2/h3-6,16,21H,7-10H2,1-2H3,(H,17,20)(H,18,19). The number of hydrogen-bond donors (Lipinski definition) is 4. The first-order valence-electron chi connectivity index (χ1n) is 6.80. The third kappa shape index (κ3) is 5.93. The molecule has 4 N–H and O–H groups in total. The van der Waals surface area contributed by atoms with Crippen LogP contribution in [0, 0.1) is 0 Å². The molecule has 6 heteroatoms. The topological polar surface area (TPSA) is 98.7 Å². The SMILES string of the molecule is CNCCc1ccccc1C(=O)NCC(C)(O)CC(=O)O. The van der Waals surface area contributed by atoms with E-state index in [2.05, 4.69) is 10.6 Å². The van der Waals surface area contributed by atoms with E-state index < -0.39 is 18.0 Å². The molecule has 6 nitrogen and oxygen atoms in total. The molecule has 1 atom stereocenters. The summed E-state index contributed by atoms with van der Waals surface area (Å²) in [5, 5.41) is 24.2. The molecule has 1 aromatic rings. The Morgan fingerprint density at radius 2 is 1.95 bits per heavy atom. The summed E-state index contributed by atoms with van der Waals surface area (Å²) >= 11 is 0. The van der Waals surface area contributed by atoms with Crippen LogP contribution in [0.3, 0.4) is 0 Å². The van der Waals surface area contributed by atoms with Gasteiger partial charge in [-0.2, -0.15) is 0 Å². The Kier molecular flexibility index (Phi) is 6.33. The fourth-order valence-electron chi connectivity index (χ4n) is 1.97. The third-order valence-corrected chi connectivity index (χ3v) is 3.07. The monoisotopic (exact) mass is 294 g/mol. The minimum atomic E-state index is -1.47. The lowest BCUT2D eigenvalue weighted by Crippen LogP contribution is -2.42. The van der Waals surface area contributed by atoms with Crippen LogP contribution < -0.4 is 10.6 Å². The van der Waals surface area contributed by atoms with Gasteiger partial charge in [-0.1, -0.05) is 18.2 Å². The maximum absolute atomic E-state index is 12.2. The highest BCUT2D eigenvalue weighted by Crippen LogP contribution is 2.11. The summed E-state index contributed by atoms with van der Waals surface area (Å²) < 4.78 is 0. The summed E-state index contributed by atoms with van der Waals surface area (Å²) in [5.74, 6) is -1.42. The van der Waals surface area contributed by atoms with Gasteiger partial charge in [-0.05, 0) is 38.6 Å². The van der Waals surface area contributed by atoms with Gasteiger partial charge in [0, 0.05) is 12.1 Å². The molecule has 0 aliphatic carbocycles. The summed E-state index contributed by atoms with van der Waals surface area (Å²) in [7, 11) is 1.84. The van der Waals surface area contributed by atoms with Crippen molar-refractivity contribution in [2.45, 2.75) is 25.4 Å². The molecule has 1 rings (SSSR count). The second kappa shape index (κ2) is 7.75. The third-order valence-electron chi connectivity index (χ3n) is 3.07. The Hall–Kier alpha value is -1.92. The number of carbonyl (C=O) groups excluding carboxylic acids is 1. The van der Waals surface area contributed by atoms with E-state index in [1.807, 2.05) is 19.2 Å². The molecule has 0 bridgehead atoms. The summed E-state index contributed by atoms with van der Waals surface area (Å²) in [6.45, 7) is 2.02. The lowest BCUT2D eigenvalue weighted by atomic mass is 10.0. The van der Waals surface area contributed by atoms with Crippen molar-refractivity contribution in [3.63, 3.8) is 0 Å². The molecule has 0 radical (unpaired) electrons. The highest BCUT2D eigenvalue weighted by molar-refractivity contribution is 5.95. The van der Waals surface area contributed by atoms with Gasteiger partial charge in [-0.15, -0.1) is 0 Å². The van der Waals surface area contributed by atoms with Crippen LogP contribution in [-0.4, -0.2) is 47.8 Å². The number of carboxylic acid groups (broad SMARTS) is 1. The van der Waals surface area contributed by atoms with E-state index in [0.717, 1.165) is 12.1 Å². The highest BCUT2D eigenvalue weighted by Gasteiger charge is 2.25. The first-order chi connectivity index (χ1) is 9.85. The van der Waals surface area contributed by atoms with Crippen LogP contribution >= 0.6 is 0 Å². The molecule has 0 fully saturated rings. The normalized spacial score (nSPS) is 13.5. The molecule has 0 saturated carbocycles. The molecule has 0 spiro atoms. The maximum atomic E-state index is 12.2. The minimum absolute atomic E-state index is 0.113. The zero-order valence-electron chi connectivity index (χ0n) is 12.3. The maximum Gasteiger partial charge on any atom is 0.306 e. The van der Waals surface area contributed by atoms with Gasteiger partial charge in [-0.25, -0.2) is 0 Å². The van der Waals surface area contributed by atoms with Gasteiger partial charge in [-0.3, -0.25) is 9.59 Å². The Balaban J connectivity index is 2.69. The Bertz CT molecular complexity index is 500. The summed E-state index contributed by atoms with van der Waals surface area (Å²) in [6, 6.07) is 7.23. The van der Waals surface area contributed by atoms with E-state index in [1.54, 1.807) is 12.1 Å². The van der Waals surface area contributed by atoms with Crippen LogP contribution in [0.5, 0.6) is 0 Å². The van der Waals surface area contributed by atoms with Crippen molar-refractivity contribution in [1.29, 1.82) is 0 Å². The van der Waals surface area contributed by atoms with Crippen LogP contribution in [-0.2, 0) is 11.2 Å². The van der Waals surface area contributed by atoms with E-state index >= 15 is 0 Å². The van der Waals surface area contributed by atoms with Gasteiger partial charge in [0.1, 0.15) is 0 Å². The molecule has 1 aromatic carbocycles. The molecule has 0 heterocycles. The number of rotatable bonds is 8. The van der Waals surface area contributed by atoms with Gasteiger partial charge in [0.25, 0.3) is 5.91 Å². The molecular formula is C15H22N2O4. The number of amides is 1. The zero-order valence-corrected chi connectivity index (χ0v) is 12.3. The van der Waals surface area contributed by atoms with Crippen LogP contribution in [0.1, 0.15) is 29.3 Å². The predicted octanol–water partition coefficient (Wildman–Crippen LogP) is 0.404. The second-order valence-electron chi connectivity index (χ2n) is 5.26. The van der Waals surface area contributed by atoms with Gasteiger partial charge in [0.15, 0.2) is 0 Å². The summed E-state index contributed by atoms with van der Waals surface area (Å²) in [4.78, 5) is 22.8. The van der Waals surface area contributed by atoms with Crippen molar-refractivity contribution in [2.24, 2.45) is 0 Å². The number of carboxylic acids is 1. The van der Waals surface area contributed by atoms with Crippen LogP contribution in [0.25, 0.3) is 0 Å². The van der Waals surface area contributed by atoms with Crippen molar-refractivity contribution in [3.8, 4) is 0 Å². The lowest BCUT2D eigenvalue weighted by molar-refractivity contribution is -0.141. The largest absolute Gasteiger partial charge is 0.481 e. The molecule has 0 aliphatic rings. The Morgan fingerprint density at radius 3 is 2.57 bits per heavy atom. The molecule has 0 saturated heterocycles. The number of aliphatic carboxylic acids is 1. The van der Waals surface area contributed by atoms with E-state index in [1.165, 1.54) is 6.92 Å². The van der Waals surface area contributed by atoms with Gasteiger partial charge in [0.2, 0.25) is 0 Å². The van der Waals surface area contributed by atoms with Gasteiger partial charge < -0.3 is 20.8 Å². The van der Waals surface area contributed by atoms with Crippen LogP contribution in [0.2, 0.25) is 0 Å². The van der Waals surface area contributed by atoms with Crippen molar-refractivity contribution in [2.75, 3.05) is 20.1 Å². The van der Waals surface area contributed by atoms with Crippen molar-refractivity contribution >= 4 is 11.9 Å². The summed E-state index contributed by atoms with van der Waals surface area (Å²) in [5.41, 5.74) is -0.0254. The molecule has 1 amide bonds. The summed E-state index contributed by atoms with van der Waals surface area (Å²) in [6.07, 6.45) is 0.292. The van der Waals surface area contributed by atoms with E-state index in [0.29, 0.717) is 12.0 Å². The lowest BCUT2D eigenvalue weighted by Gasteiger charge is -2.21. The molecule has 1 unspecified atom stereocenters. The first-order valence-corrected chi connectivity index (χ1v) is 6.80. The van der Waals surface area contributed by atoms with Crippen molar-refractivity contribution < 1.29 is 19.8 Å². The highest BCUT2D eigenvalue weighted by atomic mass is 16.4. The quantitative estimate of drug-likeness (QED) is 0.556. The molecular weight excluding hydrogens is 272 g/mol. The smallest absolute Gasteiger partial charge is 0.306 e. The van der Waals surface area contributed by atoms with Gasteiger partial charge in [0.05, 0.1) is 12.0 Å². The number of aliphatic hydroxyl groups is 1. The molecule has 116 valence electrons. The van der Waals surface area contributed by atoms with Gasteiger partial charge >= 0.3 is 5.97 Å². The molecule has 0 aliphatic heterocycles. The zero-order chi connectivity index (χ0) is 15.9. The molecule has 21 heavy (non-hydrogen) atoms. The predicted molar refractivity (Wildman–Crippen MR) is 79.3 cm³/mol. The average molecular weight is 294 g/mol. The number of likely N-dealkylation sites (N-methyl/N-ethyl adjacent to an activating group) is 1. The fraction of sp³-hybridized carbons (Fsp3) is 0.467. The molecule has 0 aromatic heterocycles. The number of benzene rings is 1. The van der Waals surface area contributed by atoms with Crippen LogP contribution in [0.15, 0.2) is 24.3 Å². The first kappa shape index (κ1) is 17.1. The minimum Gasteiger partial charge on any atom is -0.481 e. The van der Waals surface area contributed by atoms with Crippen molar-refractivity contribution in [3.05, 3.63) is 35.4 Å². The number of carbonyl (C=O) groups is 2. The number of hydrogen-bond acceptors (Lipinski definition) is 4. The van der Waals surface area contributed by atoms with Crippen molar-refractivity contribution in [1.82, 2.24) is 10.6 Å². The number of nitrogens with one attached hydrogen (secondary N) is 2. The average Bonchev–Trinajstić information content (AvgIpc) is 2.41. The Labute approximate surface area is 124 Å². The van der Waals surface area contributed by atoms with E-state index in [9.17, 15) is 14.7 Å². The fourth-order valence-corrected chi connectivity index (χ4v) is 1.97. The van der Waals surface area contributed by atoms with E-state index in [4.69, 9.17) is 5.11 Å².